The molecule has 7 nitrogen and oxygen atoms in total. The zero-order valence-electron chi connectivity index (χ0n) is 19.0. The molecule has 1 aliphatic heterocycles. The average molecular weight is 457 g/mol. The first-order chi connectivity index (χ1) is 15.8. The van der Waals surface area contributed by atoms with Crippen molar-refractivity contribution in [3.8, 4) is 11.5 Å². The predicted octanol–water partition coefficient (Wildman–Crippen LogP) is 3.69. The number of ether oxygens (including phenoxy) is 1. The Kier molecular flexibility index (Phi) is 7.71. The second-order valence-corrected chi connectivity index (χ2v) is 7.78. The number of aromatic hydroxyl groups is 1. The summed E-state index contributed by atoms with van der Waals surface area (Å²) in [4.78, 5) is 29.5. The van der Waals surface area contributed by atoms with Crippen LogP contribution in [-0.2, 0) is 9.59 Å². The molecule has 0 unspecified atom stereocenters. The van der Waals surface area contributed by atoms with Crippen LogP contribution in [0.1, 0.15) is 37.4 Å². The number of halogens is 1. The lowest BCUT2D eigenvalue weighted by Crippen LogP contribution is -2.33. The molecule has 1 heterocycles. The average Bonchev–Trinajstić information content (AvgIpc) is 3.06. The predicted molar refractivity (Wildman–Crippen MR) is 122 cm³/mol. The number of methoxy groups -OCH3 is 1. The zero-order valence-corrected chi connectivity index (χ0v) is 19.0. The van der Waals surface area contributed by atoms with E-state index in [-0.39, 0.29) is 29.0 Å². The molecule has 0 aromatic heterocycles. The Bertz CT molecular complexity index is 1060. The van der Waals surface area contributed by atoms with Gasteiger partial charge in [0.05, 0.1) is 24.3 Å². The van der Waals surface area contributed by atoms with E-state index in [2.05, 4.69) is 4.90 Å². The number of rotatable bonds is 9. The van der Waals surface area contributed by atoms with E-state index in [4.69, 9.17) is 4.74 Å². The molecule has 2 aromatic rings. The second kappa shape index (κ2) is 10.5. The lowest BCUT2D eigenvalue weighted by Gasteiger charge is -2.27. The Morgan fingerprint density at radius 1 is 1.15 bits per heavy atom. The number of aliphatic hydroxyl groups excluding tert-OH is 1. The molecular weight excluding hydrogens is 427 g/mol. The number of carbonyl (C=O) groups excluding carboxylic acids is 2. The number of carbonyl (C=O) groups is 2. The van der Waals surface area contributed by atoms with Gasteiger partial charge in [0.15, 0.2) is 0 Å². The monoisotopic (exact) mass is 456 g/mol. The highest BCUT2D eigenvalue weighted by molar-refractivity contribution is 6.46. The van der Waals surface area contributed by atoms with E-state index < -0.39 is 29.3 Å². The van der Waals surface area contributed by atoms with Crippen LogP contribution in [-0.4, -0.2) is 65.0 Å². The van der Waals surface area contributed by atoms with Crippen LogP contribution in [0.15, 0.2) is 48.0 Å². The minimum absolute atomic E-state index is 0.0433. The van der Waals surface area contributed by atoms with Crippen molar-refractivity contribution in [2.75, 3.05) is 33.3 Å². The number of ketones is 1. The van der Waals surface area contributed by atoms with Crippen molar-refractivity contribution in [1.29, 1.82) is 0 Å². The van der Waals surface area contributed by atoms with Crippen molar-refractivity contribution in [3.63, 3.8) is 0 Å². The zero-order chi connectivity index (χ0) is 24.1. The third kappa shape index (κ3) is 4.85. The highest BCUT2D eigenvalue weighted by atomic mass is 19.1. The number of Topliss-reactive ketones (excluding diaryl/α,β-unsaturated/α-hetero) is 1. The molecule has 1 saturated heterocycles. The van der Waals surface area contributed by atoms with E-state index in [0.717, 1.165) is 13.1 Å². The van der Waals surface area contributed by atoms with Crippen molar-refractivity contribution in [2.45, 2.75) is 26.3 Å². The Morgan fingerprint density at radius 3 is 2.45 bits per heavy atom. The number of aliphatic hydroxyl groups is 1. The van der Waals surface area contributed by atoms with Gasteiger partial charge in [-0.2, -0.15) is 0 Å². The van der Waals surface area contributed by atoms with Crippen molar-refractivity contribution in [2.24, 2.45) is 0 Å². The molecule has 0 aliphatic carbocycles. The van der Waals surface area contributed by atoms with Crippen LogP contribution in [0, 0.1) is 5.82 Å². The Morgan fingerprint density at radius 2 is 1.85 bits per heavy atom. The maximum Gasteiger partial charge on any atom is 0.295 e. The summed E-state index contributed by atoms with van der Waals surface area (Å²) < 4.78 is 19.9. The number of phenols is 1. The molecule has 1 atom stereocenters. The molecule has 0 spiro atoms. The SMILES string of the molecule is CCN(CC)CCCN1C(=O)C(=O)C(=C(O)c2ccc(OC)cc2O)[C@@H]1c1ccccc1F. The molecule has 2 aromatic carbocycles. The molecule has 33 heavy (non-hydrogen) atoms. The van der Waals surface area contributed by atoms with Crippen molar-refractivity contribution >= 4 is 17.4 Å². The summed E-state index contributed by atoms with van der Waals surface area (Å²) in [6, 6.07) is 8.93. The maximum atomic E-state index is 14.8. The van der Waals surface area contributed by atoms with E-state index in [1.54, 1.807) is 6.07 Å². The van der Waals surface area contributed by atoms with Gasteiger partial charge in [-0.05, 0) is 44.3 Å². The maximum absolute atomic E-state index is 14.8. The summed E-state index contributed by atoms with van der Waals surface area (Å²) in [6.07, 6.45) is 0.577. The topological polar surface area (TPSA) is 90.3 Å². The number of hydrogen-bond acceptors (Lipinski definition) is 6. The van der Waals surface area contributed by atoms with Gasteiger partial charge in [0, 0.05) is 18.2 Å². The van der Waals surface area contributed by atoms with Gasteiger partial charge in [-0.15, -0.1) is 0 Å². The van der Waals surface area contributed by atoms with Crippen molar-refractivity contribution < 1.29 is 28.9 Å². The molecule has 2 N–H and O–H groups in total. The number of amides is 1. The third-order valence-electron chi connectivity index (χ3n) is 5.97. The van der Waals surface area contributed by atoms with Gasteiger partial charge in [0.1, 0.15) is 23.1 Å². The lowest BCUT2D eigenvalue weighted by molar-refractivity contribution is -0.140. The van der Waals surface area contributed by atoms with Gasteiger partial charge in [0.2, 0.25) is 0 Å². The normalized spacial score (nSPS) is 17.7. The van der Waals surface area contributed by atoms with E-state index in [0.29, 0.717) is 18.7 Å². The molecule has 0 bridgehead atoms. The molecule has 1 aliphatic rings. The first kappa shape index (κ1) is 24.3. The first-order valence-corrected chi connectivity index (χ1v) is 11.0. The van der Waals surface area contributed by atoms with Gasteiger partial charge in [0.25, 0.3) is 11.7 Å². The standard InChI is InChI=1S/C25H29FN2O5/c1-4-27(5-2)13-8-14-28-22(17-9-6-7-10-19(17)26)21(24(31)25(28)32)23(30)18-12-11-16(33-3)15-20(18)29/h6-7,9-12,15,22,29-30H,4-5,8,13-14H2,1-3H3/t22-/m0/s1. The summed E-state index contributed by atoms with van der Waals surface area (Å²) in [5, 5.41) is 21.4. The van der Waals surface area contributed by atoms with E-state index in [1.165, 1.54) is 48.4 Å². The Hall–Kier alpha value is -3.39. The molecular formula is C25H29FN2O5. The van der Waals surface area contributed by atoms with E-state index in [1.807, 2.05) is 13.8 Å². The summed E-state index contributed by atoms with van der Waals surface area (Å²) in [5.41, 5.74) is -0.194. The minimum atomic E-state index is -1.11. The van der Waals surface area contributed by atoms with E-state index >= 15 is 0 Å². The van der Waals surface area contributed by atoms with Gasteiger partial charge in [-0.3, -0.25) is 9.59 Å². The Balaban J connectivity index is 2.08. The quantitative estimate of drug-likeness (QED) is 0.340. The highest BCUT2D eigenvalue weighted by Gasteiger charge is 2.46. The summed E-state index contributed by atoms with van der Waals surface area (Å²) in [5.74, 6) is -2.86. The van der Waals surface area contributed by atoms with Crippen LogP contribution in [0.25, 0.3) is 5.76 Å². The molecule has 8 heteroatoms. The smallest absolute Gasteiger partial charge is 0.295 e. The molecule has 0 saturated carbocycles. The van der Waals surface area contributed by atoms with Crippen LogP contribution in [0.2, 0.25) is 0 Å². The fourth-order valence-electron chi connectivity index (χ4n) is 4.12. The number of phenolic OH excluding ortho intramolecular Hbond substituents is 1. The summed E-state index contributed by atoms with van der Waals surface area (Å²) >= 11 is 0. The van der Waals surface area contributed by atoms with Crippen LogP contribution in [0.3, 0.4) is 0 Å². The minimum Gasteiger partial charge on any atom is -0.507 e. The van der Waals surface area contributed by atoms with Gasteiger partial charge >= 0.3 is 0 Å². The van der Waals surface area contributed by atoms with E-state index in [9.17, 15) is 24.2 Å². The van der Waals surface area contributed by atoms with Crippen LogP contribution in [0.4, 0.5) is 4.39 Å². The van der Waals surface area contributed by atoms with Gasteiger partial charge < -0.3 is 24.7 Å². The number of nitrogens with zero attached hydrogens (tertiary/aromatic N) is 2. The summed E-state index contributed by atoms with van der Waals surface area (Å²) in [7, 11) is 1.43. The largest absolute Gasteiger partial charge is 0.507 e. The van der Waals surface area contributed by atoms with Gasteiger partial charge in [-0.25, -0.2) is 4.39 Å². The fourth-order valence-corrected chi connectivity index (χ4v) is 4.12. The van der Waals surface area contributed by atoms with Crippen LogP contribution < -0.4 is 4.74 Å². The first-order valence-electron chi connectivity index (χ1n) is 11.0. The second-order valence-electron chi connectivity index (χ2n) is 7.78. The molecule has 1 fully saturated rings. The van der Waals surface area contributed by atoms with Crippen LogP contribution in [0.5, 0.6) is 11.5 Å². The third-order valence-corrected chi connectivity index (χ3v) is 5.97. The Labute approximate surface area is 192 Å². The summed E-state index contributed by atoms with van der Waals surface area (Å²) in [6.45, 7) is 6.70. The number of hydrogen-bond donors (Lipinski definition) is 2. The molecule has 0 radical (unpaired) electrons. The number of benzene rings is 2. The van der Waals surface area contributed by atoms with Crippen molar-refractivity contribution in [1.82, 2.24) is 9.80 Å². The molecule has 176 valence electrons. The highest BCUT2D eigenvalue weighted by Crippen LogP contribution is 2.42. The molecule has 3 rings (SSSR count). The number of likely N-dealkylation sites (tertiary alicyclic amines) is 1. The fraction of sp³-hybridized carbons (Fsp3) is 0.360. The van der Waals surface area contributed by atoms with Crippen LogP contribution >= 0.6 is 0 Å². The van der Waals surface area contributed by atoms with Gasteiger partial charge in [-0.1, -0.05) is 32.0 Å². The lowest BCUT2D eigenvalue weighted by atomic mass is 9.94. The molecule has 1 amide bonds. The van der Waals surface area contributed by atoms with Crippen molar-refractivity contribution in [3.05, 3.63) is 65.0 Å².